The molecule has 5 rings (SSSR count). The first-order valence-corrected chi connectivity index (χ1v) is 13.2. The van der Waals surface area contributed by atoms with E-state index < -0.39 is 0 Å². The predicted octanol–water partition coefficient (Wildman–Crippen LogP) is 3.33. The van der Waals surface area contributed by atoms with Gasteiger partial charge in [0, 0.05) is 74.7 Å². The van der Waals surface area contributed by atoms with Crippen LogP contribution in [0.1, 0.15) is 19.3 Å². The highest BCUT2D eigenvalue weighted by atomic mass is 35.5. The second kappa shape index (κ2) is 12.3. The maximum absolute atomic E-state index is 6.11. The molecule has 3 aromatic rings. The van der Waals surface area contributed by atoms with Crippen molar-refractivity contribution in [2.45, 2.75) is 19.3 Å². The minimum atomic E-state index is 0.590. The average Bonchev–Trinajstić information content (AvgIpc) is 2.92. The molecule has 0 bridgehead atoms. The lowest BCUT2D eigenvalue weighted by Gasteiger charge is -2.27. The minimum absolute atomic E-state index is 0.590. The number of ether oxygens (including phenoxy) is 1. The topological polar surface area (TPSA) is 103 Å². The molecule has 2 aliphatic rings. The van der Waals surface area contributed by atoms with Crippen LogP contribution in [0.25, 0.3) is 10.9 Å². The normalized spacial score (nSPS) is 16.8. The van der Waals surface area contributed by atoms with E-state index in [1.807, 2.05) is 24.3 Å². The van der Waals surface area contributed by atoms with E-state index in [0.29, 0.717) is 30.0 Å². The molecule has 3 N–H and O–H groups in total. The summed E-state index contributed by atoms with van der Waals surface area (Å²) >= 11 is 6.11. The zero-order chi connectivity index (χ0) is 24.6. The molecule has 0 saturated carbocycles. The summed E-state index contributed by atoms with van der Waals surface area (Å²) < 4.78 is 5.44. The third-order valence-corrected chi connectivity index (χ3v) is 6.74. The fraction of sp³-hybridized carbons (Fsp3) is 0.520. The van der Waals surface area contributed by atoms with E-state index in [1.54, 1.807) is 6.20 Å². The largest absolute Gasteiger partial charge is 0.383 e. The van der Waals surface area contributed by atoms with Gasteiger partial charge in [0.05, 0.1) is 18.7 Å². The Morgan fingerprint density at radius 3 is 2.39 bits per heavy atom. The Bertz CT molecular complexity index is 1140. The number of morpholine rings is 1. The van der Waals surface area contributed by atoms with Gasteiger partial charge in [-0.05, 0) is 43.5 Å². The van der Waals surface area contributed by atoms with Gasteiger partial charge in [0.25, 0.3) is 0 Å². The molecular formula is C25H34ClN9O. The van der Waals surface area contributed by atoms with Gasteiger partial charge in [0.1, 0.15) is 0 Å². The van der Waals surface area contributed by atoms with Gasteiger partial charge < -0.3 is 25.6 Å². The number of halogens is 1. The van der Waals surface area contributed by atoms with Crippen LogP contribution in [0.3, 0.4) is 0 Å². The Balaban J connectivity index is 1.20. The van der Waals surface area contributed by atoms with E-state index in [1.165, 1.54) is 19.3 Å². The molecule has 0 atom stereocenters. The molecule has 0 aliphatic carbocycles. The van der Waals surface area contributed by atoms with Gasteiger partial charge in [0.2, 0.25) is 17.8 Å². The number of anilines is 4. The lowest BCUT2D eigenvalue weighted by molar-refractivity contribution is 0.0398. The summed E-state index contributed by atoms with van der Waals surface area (Å²) in [4.78, 5) is 23.2. The number of fused-ring (bicyclic) bond motifs is 1. The Kier molecular flexibility index (Phi) is 8.47. The molecule has 10 nitrogen and oxygen atoms in total. The van der Waals surface area contributed by atoms with Crippen molar-refractivity contribution in [3.05, 3.63) is 35.5 Å². The van der Waals surface area contributed by atoms with Crippen LogP contribution < -0.4 is 20.9 Å². The molecule has 0 amide bonds. The molecule has 192 valence electrons. The summed E-state index contributed by atoms with van der Waals surface area (Å²) in [5, 5.41) is 12.0. The molecule has 4 heterocycles. The van der Waals surface area contributed by atoms with Crippen LogP contribution >= 0.6 is 11.6 Å². The van der Waals surface area contributed by atoms with Crippen molar-refractivity contribution in [1.29, 1.82) is 0 Å². The number of benzene rings is 1. The van der Waals surface area contributed by atoms with Gasteiger partial charge in [-0.3, -0.25) is 9.88 Å². The highest BCUT2D eigenvalue weighted by Gasteiger charge is 2.17. The first kappa shape index (κ1) is 24.7. The number of piperidine rings is 1. The minimum Gasteiger partial charge on any atom is -0.383 e. The lowest BCUT2D eigenvalue weighted by Crippen LogP contribution is -2.39. The first-order valence-electron chi connectivity index (χ1n) is 12.8. The molecule has 2 saturated heterocycles. The summed E-state index contributed by atoms with van der Waals surface area (Å²) in [5.41, 5.74) is 1.89. The summed E-state index contributed by atoms with van der Waals surface area (Å²) in [7, 11) is 0. The third kappa shape index (κ3) is 6.63. The van der Waals surface area contributed by atoms with Crippen molar-refractivity contribution < 1.29 is 4.74 Å². The van der Waals surface area contributed by atoms with Crippen LogP contribution in [0.4, 0.5) is 23.5 Å². The zero-order valence-corrected chi connectivity index (χ0v) is 21.3. The van der Waals surface area contributed by atoms with Crippen LogP contribution in [-0.4, -0.2) is 90.4 Å². The number of pyridine rings is 1. The second-order valence-electron chi connectivity index (χ2n) is 9.08. The van der Waals surface area contributed by atoms with Gasteiger partial charge in [-0.2, -0.15) is 15.0 Å². The van der Waals surface area contributed by atoms with Gasteiger partial charge in [-0.25, -0.2) is 0 Å². The quantitative estimate of drug-likeness (QED) is 0.351. The van der Waals surface area contributed by atoms with Crippen molar-refractivity contribution in [3.8, 4) is 0 Å². The van der Waals surface area contributed by atoms with Gasteiger partial charge in [0.15, 0.2) is 0 Å². The second-order valence-corrected chi connectivity index (χ2v) is 9.52. The van der Waals surface area contributed by atoms with Crippen LogP contribution in [0.5, 0.6) is 0 Å². The molecule has 1 aromatic carbocycles. The predicted molar refractivity (Wildman–Crippen MR) is 145 cm³/mol. The zero-order valence-electron chi connectivity index (χ0n) is 20.5. The van der Waals surface area contributed by atoms with Crippen molar-refractivity contribution in [2.75, 3.05) is 86.4 Å². The molecule has 36 heavy (non-hydrogen) atoms. The summed E-state index contributed by atoms with van der Waals surface area (Å²) in [5.74, 6) is 1.95. The fourth-order valence-corrected chi connectivity index (χ4v) is 4.72. The highest BCUT2D eigenvalue weighted by Crippen LogP contribution is 2.24. The fourth-order valence-electron chi connectivity index (χ4n) is 4.56. The van der Waals surface area contributed by atoms with Crippen LogP contribution in [0.2, 0.25) is 5.02 Å². The van der Waals surface area contributed by atoms with Crippen LogP contribution in [0.15, 0.2) is 30.5 Å². The van der Waals surface area contributed by atoms with E-state index in [4.69, 9.17) is 26.3 Å². The van der Waals surface area contributed by atoms with E-state index in [0.717, 1.165) is 75.0 Å². The number of aromatic nitrogens is 4. The highest BCUT2D eigenvalue weighted by molar-refractivity contribution is 6.31. The summed E-state index contributed by atoms with van der Waals surface area (Å²) in [6, 6.07) is 7.73. The number of nitrogens with zero attached hydrogens (tertiary/aromatic N) is 6. The van der Waals surface area contributed by atoms with Crippen LogP contribution in [0, 0.1) is 0 Å². The summed E-state index contributed by atoms with van der Waals surface area (Å²) in [6.07, 6.45) is 5.39. The van der Waals surface area contributed by atoms with Crippen molar-refractivity contribution >= 4 is 46.0 Å². The number of hydrogen-bond acceptors (Lipinski definition) is 10. The first-order chi connectivity index (χ1) is 17.7. The maximum atomic E-state index is 6.11. The van der Waals surface area contributed by atoms with Gasteiger partial charge >= 0.3 is 0 Å². The Hall–Kier alpha value is -2.95. The van der Waals surface area contributed by atoms with Crippen molar-refractivity contribution in [3.63, 3.8) is 0 Å². The molecule has 2 aromatic heterocycles. The third-order valence-electron chi connectivity index (χ3n) is 6.51. The molecule has 0 radical (unpaired) electrons. The molecule has 2 fully saturated rings. The Morgan fingerprint density at radius 2 is 1.58 bits per heavy atom. The average molecular weight is 512 g/mol. The molecule has 0 unspecified atom stereocenters. The molecule has 11 heteroatoms. The lowest BCUT2D eigenvalue weighted by atomic mass is 10.1. The van der Waals surface area contributed by atoms with Crippen molar-refractivity contribution in [2.24, 2.45) is 0 Å². The monoisotopic (exact) mass is 511 g/mol. The molecule has 0 spiro atoms. The smallest absolute Gasteiger partial charge is 0.231 e. The van der Waals surface area contributed by atoms with E-state index in [9.17, 15) is 0 Å². The van der Waals surface area contributed by atoms with E-state index >= 15 is 0 Å². The molecular weight excluding hydrogens is 478 g/mol. The number of hydrogen-bond donors (Lipinski definition) is 3. The standard InChI is InChI=1S/C25H34ClN9O/c26-19-4-5-20-21(6-7-27-22(20)18-19)28-8-9-29-23-31-24(30-10-13-34-14-16-36-17-15-34)33-25(32-23)35-11-2-1-3-12-35/h4-7,18H,1-3,8-17H2,(H,27,28)(H2,29,30,31,32,33). The molecule has 2 aliphatic heterocycles. The Morgan fingerprint density at radius 1 is 0.833 bits per heavy atom. The van der Waals surface area contributed by atoms with E-state index in [-0.39, 0.29) is 0 Å². The maximum Gasteiger partial charge on any atom is 0.231 e. The number of rotatable bonds is 10. The summed E-state index contributed by atoms with van der Waals surface area (Å²) in [6.45, 7) is 8.59. The van der Waals surface area contributed by atoms with Crippen molar-refractivity contribution in [1.82, 2.24) is 24.8 Å². The SMILES string of the molecule is Clc1ccc2c(NCCNc3nc(NCCN4CCOCC4)nc(N4CCCCC4)n3)ccnc2c1. The van der Waals surface area contributed by atoms with Gasteiger partial charge in [-0.15, -0.1) is 0 Å². The van der Waals surface area contributed by atoms with Crippen LogP contribution in [-0.2, 0) is 4.74 Å². The number of nitrogens with one attached hydrogen (secondary N) is 3. The van der Waals surface area contributed by atoms with E-state index in [2.05, 4.69) is 35.7 Å². The Labute approximate surface area is 216 Å². The van der Waals surface area contributed by atoms with Gasteiger partial charge in [-0.1, -0.05) is 11.6 Å².